The van der Waals surface area contributed by atoms with Crippen molar-refractivity contribution < 1.29 is 17.9 Å². The molecule has 0 aliphatic heterocycles. The molecule has 0 amide bonds. The molecule has 16 heavy (non-hydrogen) atoms. The molecule has 0 N–H and O–H groups in total. The van der Waals surface area contributed by atoms with E-state index < -0.39 is 11.9 Å². The Bertz CT molecular complexity index is 361. The number of pyridine rings is 1. The predicted molar refractivity (Wildman–Crippen MR) is 54.3 cm³/mol. The van der Waals surface area contributed by atoms with Crippen molar-refractivity contribution >= 4 is 0 Å². The Hall–Kier alpha value is -1.26. The highest BCUT2D eigenvalue weighted by Gasteiger charge is 2.33. The third kappa shape index (κ3) is 3.12. The average Bonchev–Trinajstić information content (AvgIpc) is 2.15. The number of alkyl halides is 3. The summed E-state index contributed by atoms with van der Waals surface area (Å²) in [7, 11) is 1.36. The smallest absolute Gasteiger partial charge is 0.433 e. The van der Waals surface area contributed by atoms with Crippen LogP contribution < -0.4 is 4.74 Å². The lowest BCUT2D eigenvalue weighted by Crippen LogP contribution is -2.09. The first-order valence-corrected chi connectivity index (χ1v) is 4.94. The summed E-state index contributed by atoms with van der Waals surface area (Å²) in [6.45, 7) is 3.97. The van der Waals surface area contributed by atoms with E-state index in [1.54, 1.807) is 0 Å². The van der Waals surface area contributed by atoms with Crippen molar-refractivity contribution in [2.75, 3.05) is 7.11 Å². The van der Waals surface area contributed by atoms with Gasteiger partial charge in [0.2, 0.25) is 0 Å². The van der Waals surface area contributed by atoms with Crippen LogP contribution in [0, 0.1) is 5.92 Å². The van der Waals surface area contributed by atoms with Gasteiger partial charge in [0.15, 0.2) is 0 Å². The van der Waals surface area contributed by atoms with Gasteiger partial charge in [-0.25, -0.2) is 0 Å². The minimum Gasteiger partial charge on any atom is -0.496 e. The van der Waals surface area contributed by atoms with Crippen molar-refractivity contribution in [1.82, 2.24) is 4.98 Å². The lowest BCUT2D eigenvalue weighted by atomic mass is 10.0. The van der Waals surface area contributed by atoms with E-state index >= 15 is 0 Å². The van der Waals surface area contributed by atoms with Gasteiger partial charge in [0, 0.05) is 17.8 Å². The predicted octanol–water partition coefficient (Wildman–Crippen LogP) is 3.31. The molecule has 0 saturated heterocycles. The largest absolute Gasteiger partial charge is 0.496 e. The third-order valence-corrected chi connectivity index (χ3v) is 2.08. The van der Waals surface area contributed by atoms with E-state index in [1.165, 1.54) is 13.3 Å². The van der Waals surface area contributed by atoms with Gasteiger partial charge in [-0.2, -0.15) is 13.2 Å². The van der Waals surface area contributed by atoms with Gasteiger partial charge >= 0.3 is 6.18 Å². The number of hydrogen-bond donors (Lipinski definition) is 0. The van der Waals surface area contributed by atoms with Gasteiger partial charge in [0.25, 0.3) is 0 Å². The highest BCUT2D eigenvalue weighted by atomic mass is 19.4. The van der Waals surface area contributed by atoms with Crippen LogP contribution >= 0.6 is 0 Å². The Balaban J connectivity index is 3.07. The Morgan fingerprint density at radius 2 is 2.00 bits per heavy atom. The van der Waals surface area contributed by atoms with Crippen molar-refractivity contribution in [1.29, 1.82) is 0 Å². The molecule has 0 bridgehead atoms. The molecule has 0 spiro atoms. The molecule has 0 aliphatic carbocycles. The number of aromatic nitrogens is 1. The summed E-state index contributed by atoms with van der Waals surface area (Å²) in [6, 6.07) is 0.942. The van der Waals surface area contributed by atoms with Crippen molar-refractivity contribution in [2.45, 2.75) is 26.4 Å². The minimum absolute atomic E-state index is 0.246. The molecule has 0 radical (unpaired) electrons. The minimum atomic E-state index is -4.43. The summed E-state index contributed by atoms with van der Waals surface area (Å²) in [5.74, 6) is 0.587. The lowest BCUT2D eigenvalue weighted by Gasteiger charge is -2.12. The number of ether oxygens (including phenoxy) is 1. The molecular formula is C11H14F3NO. The fourth-order valence-corrected chi connectivity index (χ4v) is 1.40. The number of halogens is 3. The van der Waals surface area contributed by atoms with Crippen molar-refractivity contribution in [3.63, 3.8) is 0 Å². The monoisotopic (exact) mass is 233 g/mol. The maximum atomic E-state index is 12.4. The van der Waals surface area contributed by atoms with Crippen molar-refractivity contribution in [3.8, 4) is 5.75 Å². The summed E-state index contributed by atoms with van der Waals surface area (Å²) < 4.78 is 42.1. The fourth-order valence-electron chi connectivity index (χ4n) is 1.40. The number of nitrogens with zero attached hydrogens (tertiary/aromatic N) is 1. The third-order valence-electron chi connectivity index (χ3n) is 2.08. The maximum absolute atomic E-state index is 12.4. The topological polar surface area (TPSA) is 22.1 Å². The summed E-state index contributed by atoms with van der Waals surface area (Å²) in [5.41, 5.74) is -0.220. The highest BCUT2D eigenvalue weighted by Crippen LogP contribution is 2.31. The van der Waals surface area contributed by atoms with Crippen LogP contribution in [0.15, 0.2) is 12.3 Å². The molecule has 2 nitrogen and oxygen atoms in total. The standard InChI is InChI=1S/C11H14F3NO/c1-7(2)4-8-6-15-10(11(12,13)14)5-9(8)16-3/h5-7H,4H2,1-3H3. The molecular weight excluding hydrogens is 219 g/mol. The van der Waals surface area contributed by atoms with Crippen LogP contribution in [0.25, 0.3) is 0 Å². The molecule has 0 aromatic carbocycles. The zero-order chi connectivity index (χ0) is 12.3. The maximum Gasteiger partial charge on any atom is 0.433 e. The molecule has 5 heteroatoms. The molecule has 0 atom stereocenters. The first kappa shape index (κ1) is 12.8. The Morgan fingerprint density at radius 3 is 2.44 bits per heavy atom. The average molecular weight is 233 g/mol. The van der Waals surface area contributed by atoms with E-state index in [2.05, 4.69) is 4.98 Å². The second kappa shape index (κ2) is 4.72. The van der Waals surface area contributed by atoms with Crippen LogP contribution in [-0.4, -0.2) is 12.1 Å². The van der Waals surface area contributed by atoms with Crippen LogP contribution in [0.5, 0.6) is 5.75 Å². The molecule has 0 saturated carbocycles. The zero-order valence-corrected chi connectivity index (χ0v) is 9.43. The van der Waals surface area contributed by atoms with E-state index in [-0.39, 0.29) is 5.75 Å². The second-order valence-electron chi connectivity index (χ2n) is 3.98. The second-order valence-corrected chi connectivity index (χ2v) is 3.98. The van der Waals surface area contributed by atoms with E-state index in [1.807, 2.05) is 13.8 Å². The summed E-state index contributed by atoms with van der Waals surface area (Å²) in [5, 5.41) is 0. The van der Waals surface area contributed by atoms with E-state index in [4.69, 9.17) is 4.74 Å². The Labute approximate surface area is 92.5 Å². The zero-order valence-electron chi connectivity index (χ0n) is 9.43. The molecule has 0 aliphatic rings. The van der Waals surface area contributed by atoms with Crippen LogP contribution in [0.3, 0.4) is 0 Å². The van der Waals surface area contributed by atoms with Gasteiger partial charge in [0.1, 0.15) is 11.4 Å². The van der Waals surface area contributed by atoms with Gasteiger partial charge in [-0.1, -0.05) is 13.8 Å². The van der Waals surface area contributed by atoms with Crippen LogP contribution in [0.4, 0.5) is 13.2 Å². The first-order chi connectivity index (χ1) is 7.34. The number of rotatable bonds is 3. The van der Waals surface area contributed by atoms with Gasteiger partial charge in [-0.3, -0.25) is 4.98 Å². The van der Waals surface area contributed by atoms with Crippen molar-refractivity contribution in [2.24, 2.45) is 5.92 Å². The molecule has 0 fully saturated rings. The molecule has 1 aromatic rings. The van der Waals surface area contributed by atoms with E-state index in [0.29, 0.717) is 17.9 Å². The quantitative estimate of drug-likeness (QED) is 0.799. The summed E-state index contributed by atoms with van der Waals surface area (Å²) >= 11 is 0. The Kier molecular flexibility index (Phi) is 3.78. The van der Waals surface area contributed by atoms with Crippen LogP contribution in [0.2, 0.25) is 0 Å². The molecule has 90 valence electrons. The molecule has 1 rings (SSSR count). The van der Waals surface area contributed by atoms with Gasteiger partial charge in [-0.15, -0.1) is 0 Å². The van der Waals surface area contributed by atoms with Crippen molar-refractivity contribution in [3.05, 3.63) is 23.5 Å². The Morgan fingerprint density at radius 1 is 1.38 bits per heavy atom. The highest BCUT2D eigenvalue weighted by molar-refractivity contribution is 5.34. The summed E-state index contributed by atoms with van der Waals surface area (Å²) in [4.78, 5) is 3.41. The number of methoxy groups -OCH3 is 1. The number of hydrogen-bond acceptors (Lipinski definition) is 2. The van der Waals surface area contributed by atoms with Gasteiger partial charge in [-0.05, 0) is 12.3 Å². The van der Waals surface area contributed by atoms with Gasteiger partial charge in [0.05, 0.1) is 7.11 Å². The summed E-state index contributed by atoms with van der Waals surface area (Å²) in [6.07, 6.45) is -2.54. The first-order valence-electron chi connectivity index (χ1n) is 4.94. The molecule has 1 heterocycles. The van der Waals surface area contributed by atoms with E-state index in [9.17, 15) is 13.2 Å². The van der Waals surface area contributed by atoms with Crippen LogP contribution in [-0.2, 0) is 12.6 Å². The van der Waals surface area contributed by atoms with E-state index in [0.717, 1.165) is 6.07 Å². The SMILES string of the molecule is COc1cc(C(F)(F)F)ncc1CC(C)C. The normalized spacial score (nSPS) is 11.9. The lowest BCUT2D eigenvalue weighted by molar-refractivity contribution is -0.141. The molecule has 0 unspecified atom stereocenters. The van der Waals surface area contributed by atoms with Gasteiger partial charge < -0.3 is 4.74 Å². The fraction of sp³-hybridized carbons (Fsp3) is 0.545. The van der Waals surface area contributed by atoms with Crippen LogP contribution in [0.1, 0.15) is 25.1 Å². The molecule has 1 aromatic heterocycles.